The van der Waals surface area contributed by atoms with Crippen molar-refractivity contribution in [1.29, 1.82) is 5.26 Å². The van der Waals surface area contributed by atoms with Crippen LogP contribution in [0.4, 0.5) is 5.69 Å². The Morgan fingerprint density at radius 2 is 2.09 bits per heavy atom. The van der Waals surface area contributed by atoms with Gasteiger partial charge < -0.3 is 5.73 Å². The van der Waals surface area contributed by atoms with E-state index < -0.39 is 0 Å². The SMILES string of the molecule is N#Cc1ccc(S)c(N)c1.[Zn]. The van der Waals surface area contributed by atoms with Gasteiger partial charge in [0.05, 0.1) is 11.6 Å². The quantitative estimate of drug-likeness (QED) is 0.391. The monoisotopic (exact) mass is 214 g/mol. The van der Waals surface area contributed by atoms with Gasteiger partial charge in [-0.15, -0.1) is 12.6 Å². The molecule has 2 N–H and O–H groups in total. The molecular weight excluding hydrogens is 210 g/mol. The molecule has 0 amide bonds. The van der Waals surface area contributed by atoms with Crippen molar-refractivity contribution in [3.63, 3.8) is 0 Å². The average Bonchev–Trinajstić information content (AvgIpc) is 1.95. The van der Waals surface area contributed by atoms with Gasteiger partial charge in [-0.1, -0.05) is 0 Å². The molecule has 52 valence electrons. The summed E-state index contributed by atoms with van der Waals surface area (Å²) >= 11 is 4.05. The van der Waals surface area contributed by atoms with Crippen LogP contribution in [0.2, 0.25) is 0 Å². The molecule has 4 heteroatoms. The summed E-state index contributed by atoms with van der Waals surface area (Å²) in [6, 6.07) is 6.97. The molecule has 0 saturated heterocycles. The van der Waals surface area contributed by atoms with E-state index in [-0.39, 0.29) is 19.5 Å². The molecule has 0 fully saturated rings. The Balaban J connectivity index is 0.000001000. The molecule has 0 aliphatic heterocycles. The number of nitrogens with zero attached hydrogens (tertiary/aromatic N) is 1. The van der Waals surface area contributed by atoms with Crippen molar-refractivity contribution < 1.29 is 19.5 Å². The number of benzene rings is 1. The van der Waals surface area contributed by atoms with Crippen molar-refractivity contribution in [3.8, 4) is 6.07 Å². The molecule has 11 heavy (non-hydrogen) atoms. The standard InChI is InChI=1S/C7H6N2S.Zn/c8-4-5-1-2-7(10)6(9)3-5;/h1-3,10H,9H2;. The van der Waals surface area contributed by atoms with Gasteiger partial charge >= 0.3 is 0 Å². The van der Waals surface area contributed by atoms with Crippen molar-refractivity contribution in [2.45, 2.75) is 4.90 Å². The van der Waals surface area contributed by atoms with Gasteiger partial charge in [0.2, 0.25) is 0 Å². The molecule has 1 aromatic rings. The van der Waals surface area contributed by atoms with E-state index in [1.165, 1.54) is 0 Å². The third-order valence-electron chi connectivity index (χ3n) is 1.16. The van der Waals surface area contributed by atoms with E-state index in [1.54, 1.807) is 18.2 Å². The van der Waals surface area contributed by atoms with Gasteiger partial charge in [-0.3, -0.25) is 0 Å². The maximum atomic E-state index is 8.42. The van der Waals surface area contributed by atoms with E-state index in [0.717, 1.165) is 0 Å². The van der Waals surface area contributed by atoms with Crippen LogP contribution in [0.3, 0.4) is 0 Å². The summed E-state index contributed by atoms with van der Waals surface area (Å²) in [7, 11) is 0. The molecule has 0 radical (unpaired) electrons. The van der Waals surface area contributed by atoms with E-state index in [0.29, 0.717) is 16.1 Å². The van der Waals surface area contributed by atoms with Crippen molar-refractivity contribution in [1.82, 2.24) is 0 Å². The van der Waals surface area contributed by atoms with Crippen LogP contribution in [-0.4, -0.2) is 0 Å². The summed E-state index contributed by atoms with van der Waals surface area (Å²) in [6.45, 7) is 0. The molecule has 0 bridgehead atoms. The first kappa shape index (κ1) is 10.5. The minimum Gasteiger partial charge on any atom is -0.398 e. The van der Waals surface area contributed by atoms with Gasteiger partial charge in [-0.2, -0.15) is 5.26 Å². The topological polar surface area (TPSA) is 49.8 Å². The smallest absolute Gasteiger partial charge is 0.0992 e. The van der Waals surface area contributed by atoms with Gasteiger partial charge in [0.1, 0.15) is 0 Å². The fourth-order valence-corrected chi connectivity index (χ4v) is 0.763. The summed E-state index contributed by atoms with van der Waals surface area (Å²) in [5.74, 6) is 0. The van der Waals surface area contributed by atoms with Gasteiger partial charge in [0, 0.05) is 30.1 Å². The number of nitrogens with two attached hydrogens (primary N) is 1. The second-order valence-electron chi connectivity index (χ2n) is 1.89. The first-order valence-corrected chi connectivity index (χ1v) is 3.17. The molecule has 0 heterocycles. The van der Waals surface area contributed by atoms with E-state index in [2.05, 4.69) is 12.6 Å². The molecule has 0 aliphatic rings. The molecule has 0 spiro atoms. The molecule has 0 unspecified atom stereocenters. The Kier molecular flexibility index (Phi) is 4.17. The maximum Gasteiger partial charge on any atom is 0.0992 e. The van der Waals surface area contributed by atoms with Crippen LogP contribution in [0.15, 0.2) is 23.1 Å². The predicted octanol–water partition coefficient (Wildman–Crippen LogP) is 1.43. The van der Waals surface area contributed by atoms with Crippen molar-refractivity contribution >= 4 is 18.3 Å². The summed E-state index contributed by atoms with van der Waals surface area (Å²) < 4.78 is 0. The third kappa shape index (κ3) is 2.53. The number of hydrogen-bond donors (Lipinski definition) is 2. The molecule has 0 saturated carbocycles. The Hall–Kier alpha value is -0.517. The second-order valence-corrected chi connectivity index (χ2v) is 2.37. The number of hydrogen-bond acceptors (Lipinski definition) is 3. The second kappa shape index (κ2) is 4.38. The molecular formula is C7H6N2SZn. The first-order chi connectivity index (χ1) is 4.74. The van der Waals surface area contributed by atoms with Gasteiger partial charge in [0.25, 0.3) is 0 Å². The number of thiol groups is 1. The molecule has 0 aromatic heterocycles. The van der Waals surface area contributed by atoms with Crippen LogP contribution in [0.1, 0.15) is 5.56 Å². The summed E-state index contributed by atoms with van der Waals surface area (Å²) in [5.41, 5.74) is 6.58. The first-order valence-electron chi connectivity index (χ1n) is 2.72. The fraction of sp³-hybridized carbons (Fsp3) is 0. The fourth-order valence-electron chi connectivity index (χ4n) is 0.624. The van der Waals surface area contributed by atoms with Crippen molar-refractivity contribution in [3.05, 3.63) is 23.8 Å². The molecule has 2 nitrogen and oxygen atoms in total. The number of nitrogen functional groups attached to an aromatic ring is 1. The molecule has 1 aromatic carbocycles. The zero-order valence-electron chi connectivity index (χ0n) is 5.91. The van der Waals surface area contributed by atoms with Crippen LogP contribution in [0.5, 0.6) is 0 Å². The van der Waals surface area contributed by atoms with E-state index >= 15 is 0 Å². The van der Waals surface area contributed by atoms with E-state index in [9.17, 15) is 0 Å². The van der Waals surface area contributed by atoms with Crippen molar-refractivity contribution in [2.75, 3.05) is 5.73 Å². The van der Waals surface area contributed by atoms with E-state index in [1.807, 2.05) is 6.07 Å². The van der Waals surface area contributed by atoms with Crippen LogP contribution in [0.25, 0.3) is 0 Å². The zero-order chi connectivity index (χ0) is 7.56. The maximum absolute atomic E-state index is 8.42. The molecule has 1 rings (SSSR count). The Bertz CT molecular complexity index is 293. The summed E-state index contributed by atoms with van der Waals surface area (Å²) in [6.07, 6.45) is 0. The van der Waals surface area contributed by atoms with Crippen LogP contribution >= 0.6 is 12.6 Å². The van der Waals surface area contributed by atoms with Gasteiger partial charge in [-0.05, 0) is 18.2 Å². The zero-order valence-corrected chi connectivity index (χ0v) is 9.77. The predicted molar refractivity (Wildman–Crippen MR) is 42.8 cm³/mol. The van der Waals surface area contributed by atoms with Gasteiger partial charge in [-0.25, -0.2) is 0 Å². The number of anilines is 1. The summed E-state index contributed by atoms with van der Waals surface area (Å²) in [5, 5.41) is 8.42. The number of rotatable bonds is 0. The third-order valence-corrected chi connectivity index (χ3v) is 1.56. The van der Waals surface area contributed by atoms with Crippen LogP contribution in [-0.2, 0) is 19.5 Å². The largest absolute Gasteiger partial charge is 0.398 e. The van der Waals surface area contributed by atoms with Crippen LogP contribution in [0, 0.1) is 11.3 Å². The minimum atomic E-state index is 0. The summed E-state index contributed by atoms with van der Waals surface area (Å²) in [4.78, 5) is 0.707. The average molecular weight is 216 g/mol. The molecule has 0 atom stereocenters. The number of nitriles is 1. The Labute approximate surface area is 83.6 Å². The van der Waals surface area contributed by atoms with E-state index in [4.69, 9.17) is 11.0 Å². The van der Waals surface area contributed by atoms with Gasteiger partial charge in [0.15, 0.2) is 0 Å². The van der Waals surface area contributed by atoms with Crippen molar-refractivity contribution in [2.24, 2.45) is 0 Å². The normalized spacial score (nSPS) is 8.00. The minimum absolute atomic E-state index is 0. The Morgan fingerprint density at radius 3 is 2.55 bits per heavy atom. The van der Waals surface area contributed by atoms with Crippen LogP contribution < -0.4 is 5.73 Å². The Morgan fingerprint density at radius 1 is 1.45 bits per heavy atom. The molecule has 0 aliphatic carbocycles.